The second kappa shape index (κ2) is 11.9. The third kappa shape index (κ3) is 13.9. The number of guanidine groups is 1. The summed E-state index contributed by atoms with van der Waals surface area (Å²) < 4.78 is 23.4. The number of alkyl halides is 2. The average Bonchev–Trinajstić information content (AvgIpc) is 2.14. The summed E-state index contributed by atoms with van der Waals surface area (Å²) in [5, 5.41) is 2.79. The van der Waals surface area contributed by atoms with Gasteiger partial charge in [0.05, 0.1) is 0 Å². The minimum atomic E-state index is -2.42. The molecule has 0 fully saturated rings. The normalized spacial score (nSPS) is 11.3. The maximum atomic E-state index is 11.7. The predicted octanol–water partition coefficient (Wildman–Crippen LogP) is 2.35. The number of aliphatic imine (C=N–C) groups is 1. The van der Waals surface area contributed by atoms with Gasteiger partial charge in [0, 0.05) is 6.54 Å². The molecule has 0 bridgehead atoms. The molecule has 0 aliphatic rings. The Morgan fingerprint density at radius 1 is 1.33 bits per heavy atom. The van der Waals surface area contributed by atoms with E-state index in [0.717, 1.165) is 12.8 Å². The van der Waals surface area contributed by atoms with Gasteiger partial charge >= 0.3 is 0 Å². The van der Waals surface area contributed by atoms with Crippen molar-refractivity contribution in [1.82, 2.24) is 5.32 Å². The highest BCUT2D eigenvalue weighted by molar-refractivity contribution is 14.0. The molecule has 3 N–H and O–H groups in total. The van der Waals surface area contributed by atoms with Gasteiger partial charge in [-0.1, -0.05) is 26.2 Å². The molecule has 0 atom stereocenters. The fourth-order valence-corrected chi connectivity index (χ4v) is 0.991. The van der Waals surface area contributed by atoms with E-state index in [0.29, 0.717) is 6.54 Å². The van der Waals surface area contributed by atoms with Gasteiger partial charge in [-0.3, -0.25) is 0 Å². The van der Waals surface area contributed by atoms with Gasteiger partial charge in [0.2, 0.25) is 0 Å². The van der Waals surface area contributed by atoms with Crippen LogP contribution in [0.2, 0.25) is 0 Å². The quantitative estimate of drug-likeness (QED) is 0.325. The maximum absolute atomic E-state index is 11.7. The summed E-state index contributed by atoms with van der Waals surface area (Å²) in [5.74, 6) is 0.113. The number of hydrogen-bond acceptors (Lipinski definition) is 1. The van der Waals surface area contributed by atoms with Gasteiger partial charge in [-0.25, -0.2) is 13.8 Å². The molecule has 0 aromatic carbocycles. The van der Waals surface area contributed by atoms with Gasteiger partial charge in [0.25, 0.3) is 6.43 Å². The lowest BCUT2D eigenvalue weighted by atomic mass is 10.2. The number of nitrogens with zero attached hydrogens (tertiary/aromatic N) is 1. The molecule has 0 saturated heterocycles. The molecule has 0 amide bonds. The first-order chi connectivity index (χ1) is 6.66. The van der Waals surface area contributed by atoms with E-state index in [9.17, 15) is 8.78 Å². The molecule has 0 heterocycles. The standard InChI is InChI=1S/C9H19F2N3.HI/c1-2-3-4-5-6-13-9(12)14-7-8(10)11;/h8H,2-7H2,1H3,(H3,12,13,14);1H. The summed E-state index contributed by atoms with van der Waals surface area (Å²) >= 11 is 0. The second-order valence-corrected chi connectivity index (χ2v) is 3.10. The molecule has 0 rings (SSSR count). The van der Waals surface area contributed by atoms with E-state index >= 15 is 0 Å². The van der Waals surface area contributed by atoms with E-state index in [1.807, 2.05) is 0 Å². The van der Waals surface area contributed by atoms with Crippen molar-refractivity contribution in [2.45, 2.75) is 39.0 Å². The van der Waals surface area contributed by atoms with Gasteiger partial charge in [-0.05, 0) is 6.42 Å². The highest BCUT2D eigenvalue weighted by atomic mass is 127. The first-order valence-corrected chi connectivity index (χ1v) is 4.98. The van der Waals surface area contributed by atoms with E-state index in [-0.39, 0.29) is 29.9 Å². The molecule has 0 aromatic rings. The number of unbranched alkanes of at least 4 members (excludes halogenated alkanes) is 3. The van der Waals surface area contributed by atoms with Crippen molar-refractivity contribution in [3.8, 4) is 0 Å². The Hall–Kier alpha value is -0.140. The zero-order valence-corrected chi connectivity index (χ0v) is 11.3. The lowest BCUT2D eigenvalue weighted by Crippen LogP contribution is -2.32. The van der Waals surface area contributed by atoms with Crippen LogP contribution in [0.5, 0.6) is 0 Å². The fourth-order valence-electron chi connectivity index (χ4n) is 0.991. The van der Waals surface area contributed by atoms with E-state index in [4.69, 9.17) is 5.73 Å². The molecule has 0 radical (unpaired) electrons. The third-order valence-electron chi connectivity index (χ3n) is 1.74. The van der Waals surface area contributed by atoms with E-state index < -0.39 is 13.0 Å². The number of rotatable bonds is 7. The number of halogens is 3. The third-order valence-corrected chi connectivity index (χ3v) is 1.74. The Balaban J connectivity index is 0. The van der Waals surface area contributed by atoms with E-state index in [2.05, 4.69) is 17.2 Å². The summed E-state index contributed by atoms with van der Waals surface area (Å²) in [4.78, 5) is 3.47. The van der Waals surface area contributed by atoms with Crippen LogP contribution in [0.4, 0.5) is 8.78 Å². The zero-order valence-electron chi connectivity index (χ0n) is 9.01. The van der Waals surface area contributed by atoms with Crippen LogP contribution in [0, 0.1) is 0 Å². The fraction of sp³-hybridized carbons (Fsp3) is 0.889. The van der Waals surface area contributed by atoms with Crippen LogP contribution in [0.15, 0.2) is 4.99 Å². The minimum Gasteiger partial charge on any atom is -0.370 e. The minimum absolute atomic E-state index is 0. The molecule has 15 heavy (non-hydrogen) atoms. The van der Waals surface area contributed by atoms with Gasteiger partial charge in [0.15, 0.2) is 5.96 Å². The van der Waals surface area contributed by atoms with Crippen LogP contribution in [-0.2, 0) is 0 Å². The van der Waals surface area contributed by atoms with Crippen LogP contribution in [0.3, 0.4) is 0 Å². The Kier molecular flexibility index (Phi) is 13.7. The number of nitrogens with two attached hydrogens (primary N) is 1. The van der Waals surface area contributed by atoms with Crippen molar-refractivity contribution in [2.75, 3.05) is 13.1 Å². The summed E-state index contributed by atoms with van der Waals surface area (Å²) in [6, 6.07) is 0. The van der Waals surface area contributed by atoms with Gasteiger partial charge < -0.3 is 11.1 Å². The van der Waals surface area contributed by atoms with Gasteiger partial charge in [0.1, 0.15) is 6.54 Å². The van der Waals surface area contributed by atoms with Crippen molar-refractivity contribution >= 4 is 29.9 Å². The van der Waals surface area contributed by atoms with Crippen LogP contribution in [-0.4, -0.2) is 25.5 Å². The molecule has 0 aliphatic carbocycles. The molecule has 0 aromatic heterocycles. The van der Waals surface area contributed by atoms with Crippen molar-refractivity contribution in [2.24, 2.45) is 10.7 Å². The maximum Gasteiger partial charge on any atom is 0.257 e. The lowest BCUT2D eigenvalue weighted by Gasteiger charge is -2.04. The first kappa shape index (κ1) is 17.3. The molecule has 0 spiro atoms. The number of hydrogen-bond donors (Lipinski definition) is 2. The highest BCUT2D eigenvalue weighted by Gasteiger charge is 1.99. The Morgan fingerprint density at radius 2 is 2.00 bits per heavy atom. The van der Waals surface area contributed by atoms with Crippen molar-refractivity contribution in [3.63, 3.8) is 0 Å². The zero-order chi connectivity index (χ0) is 10.8. The van der Waals surface area contributed by atoms with Crippen LogP contribution in [0.25, 0.3) is 0 Å². The summed E-state index contributed by atoms with van der Waals surface area (Å²) in [6.45, 7) is 2.32. The Labute approximate surface area is 107 Å². The molecule has 0 saturated carbocycles. The van der Waals surface area contributed by atoms with Crippen molar-refractivity contribution in [1.29, 1.82) is 0 Å². The smallest absolute Gasteiger partial charge is 0.257 e. The number of nitrogens with one attached hydrogen (secondary N) is 1. The molecule has 0 unspecified atom stereocenters. The van der Waals surface area contributed by atoms with Gasteiger partial charge in [-0.15, -0.1) is 24.0 Å². The molecular weight excluding hydrogens is 315 g/mol. The molecule has 3 nitrogen and oxygen atoms in total. The largest absolute Gasteiger partial charge is 0.370 e. The monoisotopic (exact) mass is 335 g/mol. The Morgan fingerprint density at radius 3 is 2.53 bits per heavy atom. The lowest BCUT2D eigenvalue weighted by molar-refractivity contribution is 0.158. The highest BCUT2D eigenvalue weighted by Crippen LogP contribution is 1.96. The topological polar surface area (TPSA) is 50.4 Å². The van der Waals surface area contributed by atoms with E-state index in [1.54, 1.807) is 0 Å². The van der Waals surface area contributed by atoms with Crippen LogP contribution < -0.4 is 11.1 Å². The Bertz CT molecular complexity index is 165. The summed E-state index contributed by atoms with van der Waals surface area (Å²) in [6.07, 6.45) is 2.07. The van der Waals surface area contributed by atoms with Crippen LogP contribution >= 0.6 is 24.0 Å². The second-order valence-electron chi connectivity index (χ2n) is 3.10. The molecular formula is C9H20F2IN3. The van der Waals surface area contributed by atoms with Crippen molar-refractivity contribution < 1.29 is 8.78 Å². The molecule has 0 aliphatic heterocycles. The summed E-state index contributed by atoms with van der Waals surface area (Å²) in [7, 11) is 0. The van der Waals surface area contributed by atoms with Crippen molar-refractivity contribution in [3.05, 3.63) is 0 Å². The summed E-state index contributed by atoms with van der Waals surface area (Å²) in [5.41, 5.74) is 5.34. The SMILES string of the molecule is CCCCCCNC(N)=NCC(F)F.I. The van der Waals surface area contributed by atoms with Gasteiger partial charge in [-0.2, -0.15) is 0 Å². The predicted molar refractivity (Wildman–Crippen MR) is 70.1 cm³/mol. The molecule has 6 heteroatoms. The van der Waals surface area contributed by atoms with E-state index in [1.165, 1.54) is 12.8 Å². The average molecular weight is 335 g/mol. The molecule has 92 valence electrons. The first-order valence-electron chi connectivity index (χ1n) is 4.98. The van der Waals surface area contributed by atoms with Crippen LogP contribution in [0.1, 0.15) is 32.6 Å².